The summed E-state index contributed by atoms with van der Waals surface area (Å²) in [5, 5.41) is 0. The van der Waals surface area contributed by atoms with Gasteiger partial charge in [0.25, 0.3) is 0 Å². The summed E-state index contributed by atoms with van der Waals surface area (Å²) in [5.74, 6) is -0.354. The second-order valence-electron chi connectivity index (χ2n) is 3.48. The third kappa shape index (κ3) is 1.70. The van der Waals surface area contributed by atoms with E-state index in [1.54, 1.807) is 18.2 Å². The molecule has 15 heavy (non-hydrogen) atoms. The number of carbonyl (C=O) groups excluding carboxylic acids is 2. The van der Waals surface area contributed by atoms with Gasteiger partial charge in [0, 0.05) is 17.7 Å². The second-order valence-corrected chi connectivity index (χ2v) is 3.48. The Labute approximate surface area is 87.0 Å². The average molecular weight is 205 g/mol. The summed E-state index contributed by atoms with van der Waals surface area (Å²) in [4.78, 5) is 21.7. The van der Waals surface area contributed by atoms with Crippen LogP contribution in [0.1, 0.15) is 34.9 Å². The molecular weight excluding hydrogens is 194 g/mol. The molecule has 78 valence electrons. The van der Waals surface area contributed by atoms with Crippen molar-refractivity contribution in [1.82, 2.24) is 0 Å². The number of hydrogen-bond acceptors (Lipinski definition) is 4. The maximum absolute atomic E-state index is 11.4. The van der Waals surface area contributed by atoms with E-state index in [9.17, 15) is 9.59 Å². The summed E-state index contributed by atoms with van der Waals surface area (Å²) in [7, 11) is 0. The Hall–Kier alpha value is -1.84. The Morgan fingerprint density at radius 3 is 3.00 bits per heavy atom. The second kappa shape index (κ2) is 3.73. The number of cyclic esters (lactones) is 1. The summed E-state index contributed by atoms with van der Waals surface area (Å²) in [6, 6.07) is 5.12. The van der Waals surface area contributed by atoms with Gasteiger partial charge in [-0.3, -0.25) is 0 Å². The largest absolute Gasteiger partial charge is 0.454 e. The van der Waals surface area contributed by atoms with Crippen LogP contribution in [0.4, 0.5) is 5.69 Å². The minimum Gasteiger partial charge on any atom is -0.454 e. The first-order valence-electron chi connectivity index (χ1n) is 4.76. The molecule has 0 aliphatic carbocycles. The van der Waals surface area contributed by atoms with Gasteiger partial charge in [0.1, 0.15) is 12.4 Å². The highest BCUT2D eigenvalue weighted by molar-refractivity contribution is 5.95. The lowest BCUT2D eigenvalue weighted by Gasteiger charge is -2.07. The molecule has 1 aliphatic heterocycles. The van der Waals surface area contributed by atoms with E-state index in [0.717, 1.165) is 11.8 Å². The van der Waals surface area contributed by atoms with Gasteiger partial charge in [-0.25, -0.2) is 4.79 Å². The first-order valence-corrected chi connectivity index (χ1v) is 4.76. The predicted molar refractivity (Wildman–Crippen MR) is 54.3 cm³/mol. The number of fused-ring (bicyclic) bond motifs is 1. The summed E-state index contributed by atoms with van der Waals surface area (Å²) < 4.78 is 5.14. The molecule has 1 aliphatic rings. The molecule has 0 spiro atoms. The Morgan fingerprint density at radius 2 is 2.27 bits per heavy atom. The molecule has 0 radical (unpaired) electrons. The van der Waals surface area contributed by atoms with Crippen LogP contribution in [0.5, 0.6) is 0 Å². The SMILES string of the molecule is Nc1ccc2c(c1)C(=O)OC2CCC=O. The highest BCUT2D eigenvalue weighted by Gasteiger charge is 2.30. The van der Waals surface area contributed by atoms with Crippen LogP contribution in [0.15, 0.2) is 18.2 Å². The van der Waals surface area contributed by atoms with E-state index < -0.39 is 0 Å². The quantitative estimate of drug-likeness (QED) is 0.460. The lowest BCUT2D eigenvalue weighted by atomic mass is 10.0. The van der Waals surface area contributed by atoms with Gasteiger partial charge in [0.15, 0.2) is 0 Å². The van der Waals surface area contributed by atoms with E-state index in [0.29, 0.717) is 24.1 Å². The first kappa shape index (κ1) is 9.71. The number of esters is 1. The third-order valence-corrected chi connectivity index (χ3v) is 2.44. The molecule has 2 N–H and O–H groups in total. The van der Waals surface area contributed by atoms with Crippen molar-refractivity contribution < 1.29 is 14.3 Å². The first-order chi connectivity index (χ1) is 7.22. The highest BCUT2D eigenvalue weighted by atomic mass is 16.5. The van der Waals surface area contributed by atoms with Crippen molar-refractivity contribution in [3.05, 3.63) is 29.3 Å². The summed E-state index contributed by atoms with van der Waals surface area (Å²) in [5.41, 5.74) is 7.47. The van der Waals surface area contributed by atoms with Gasteiger partial charge < -0.3 is 15.3 Å². The fourth-order valence-electron chi connectivity index (χ4n) is 1.72. The van der Waals surface area contributed by atoms with Gasteiger partial charge in [0.05, 0.1) is 5.56 Å². The minimum absolute atomic E-state index is 0.293. The maximum atomic E-state index is 11.4. The van der Waals surface area contributed by atoms with E-state index in [1.807, 2.05) is 0 Å². The van der Waals surface area contributed by atoms with Crippen LogP contribution in [0.25, 0.3) is 0 Å². The van der Waals surface area contributed by atoms with E-state index in [4.69, 9.17) is 10.5 Å². The van der Waals surface area contributed by atoms with Crippen LogP contribution < -0.4 is 5.73 Å². The molecule has 1 atom stereocenters. The third-order valence-electron chi connectivity index (χ3n) is 2.44. The molecule has 1 heterocycles. The van der Waals surface area contributed by atoms with Crippen molar-refractivity contribution >= 4 is 17.9 Å². The van der Waals surface area contributed by atoms with Crippen LogP contribution >= 0.6 is 0 Å². The number of hydrogen-bond donors (Lipinski definition) is 1. The van der Waals surface area contributed by atoms with Gasteiger partial charge >= 0.3 is 5.97 Å². The lowest BCUT2D eigenvalue weighted by Crippen LogP contribution is -1.98. The molecule has 2 rings (SSSR count). The molecule has 1 aromatic rings. The van der Waals surface area contributed by atoms with Crippen LogP contribution in [0.2, 0.25) is 0 Å². The Bertz CT molecular complexity index is 414. The van der Waals surface area contributed by atoms with Crippen LogP contribution in [0.3, 0.4) is 0 Å². The van der Waals surface area contributed by atoms with Gasteiger partial charge in [-0.05, 0) is 18.6 Å². The smallest absolute Gasteiger partial charge is 0.339 e. The zero-order valence-corrected chi connectivity index (χ0v) is 8.10. The fraction of sp³-hybridized carbons (Fsp3) is 0.273. The molecule has 0 saturated carbocycles. The number of benzene rings is 1. The normalized spacial score (nSPS) is 18.4. The molecule has 1 unspecified atom stereocenters. The molecule has 0 amide bonds. The summed E-state index contributed by atoms with van der Waals surface area (Å²) >= 11 is 0. The standard InChI is InChI=1S/C11H11NO3/c12-7-3-4-8-9(6-7)11(14)15-10(8)2-1-5-13/h3-6,10H,1-2,12H2. The molecule has 0 saturated heterocycles. The van der Waals surface area contributed by atoms with Crippen molar-refractivity contribution in [3.63, 3.8) is 0 Å². The van der Waals surface area contributed by atoms with E-state index >= 15 is 0 Å². The summed E-state index contributed by atoms with van der Waals surface area (Å²) in [6.45, 7) is 0. The van der Waals surface area contributed by atoms with Crippen molar-refractivity contribution in [2.75, 3.05) is 5.73 Å². The Kier molecular flexibility index (Phi) is 2.41. The minimum atomic E-state index is -0.354. The van der Waals surface area contributed by atoms with Crippen LogP contribution in [-0.4, -0.2) is 12.3 Å². The molecule has 0 fully saturated rings. The molecule has 1 aromatic carbocycles. The molecule has 0 bridgehead atoms. The number of nitrogens with two attached hydrogens (primary N) is 1. The van der Waals surface area contributed by atoms with Crippen molar-refractivity contribution in [2.24, 2.45) is 0 Å². The fourth-order valence-corrected chi connectivity index (χ4v) is 1.72. The Morgan fingerprint density at radius 1 is 1.47 bits per heavy atom. The molecule has 4 heteroatoms. The monoisotopic (exact) mass is 205 g/mol. The number of carbonyl (C=O) groups is 2. The number of aldehydes is 1. The van der Waals surface area contributed by atoms with Gasteiger partial charge in [0.2, 0.25) is 0 Å². The molecule has 0 aromatic heterocycles. The average Bonchev–Trinajstić information content (AvgIpc) is 2.53. The Balaban J connectivity index is 2.29. The topological polar surface area (TPSA) is 69.4 Å². The molecule has 4 nitrogen and oxygen atoms in total. The van der Waals surface area contributed by atoms with Crippen molar-refractivity contribution in [1.29, 1.82) is 0 Å². The van der Waals surface area contributed by atoms with Gasteiger partial charge in [-0.1, -0.05) is 6.07 Å². The van der Waals surface area contributed by atoms with Crippen molar-refractivity contribution in [2.45, 2.75) is 18.9 Å². The van der Waals surface area contributed by atoms with E-state index in [2.05, 4.69) is 0 Å². The molecular formula is C11H11NO3. The van der Waals surface area contributed by atoms with Gasteiger partial charge in [-0.15, -0.1) is 0 Å². The van der Waals surface area contributed by atoms with E-state index in [-0.39, 0.29) is 12.1 Å². The number of ether oxygens (including phenoxy) is 1. The summed E-state index contributed by atoms with van der Waals surface area (Å²) in [6.07, 6.45) is 1.45. The number of anilines is 1. The van der Waals surface area contributed by atoms with Crippen LogP contribution in [-0.2, 0) is 9.53 Å². The van der Waals surface area contributed by atoms with Gasteiger partial charge in [-0.2, -0.15) is 0 Å². The zero-order valence-electron chi connectivity index (χ0n) is 8.10. The lowest BCUT2D eigenvalue weighted by molar-refractivity contribution is -0.108. The maximum Gasteiger partial charge on any atom is 0.339 e. The highest BCUT2D eigenvalue weighted by Crippen LogP contribution is 2.34. The van der Waals surface area contributed by atoms with Crippen molar-refractivity contribution in [3.8, 4) is 0 Å². The van der Waals surface area contributed by atoms with Crippen LogP contribution in [0, 0.1) is 0 Å². The number of rotatable bonds is 3. The zero-order chi connectivity index (χ0) is 10.8. The predicted octanol–water partition coefficient (Wildman–Crippen LogP) is 1.46. The number of nitrogen functional groups attached to an aromatic ring is 1. The van der Waals surface area contributed by atoms with E-state index in [1.165, 1.54) is 0 Å².